The molecule has 0 saturated heterocycles. The third-order valence-corrected chi connectivity index (χ3v) is 5.25. The highest BCUT2D eigenvalue weighted by Crippen LogP contribution is 2.36. The van der Waals surface area contributed by atoms with Crippen LogP contribution in [0.2, 0.25) is 0 Å². The van der Waals surface area contributed by atoms with Gasteiger partial charge in [0.05, 0.1) is 11.3 Å². The van der Waals surface area contributed by atoms with Crippen molar-refractivity contribution in [3.63, 3.8) is 0 Å². The van der Waals surface area contributed by atoms with E-state index in [0.717, 1.165) is 28.3 Å². The van der Waals surface area contributed by atoms with E-state index in [-0.39, 0.29) is 25.1 Å². The van der Waals surface area contributed by atoms with E-state index in [1.807, 2.05) is 36.5 Å². The smallest absolute Gasteiger partial charge is 0.416 e. The fourth-order valence-corrected chi connectivity index (χ4v) is 3.71. The van der Waals surface area contributed by atoms with E-state index in [0.29, 0.717) is 17.7 Å². The summed E-state index contributed by atoms with van der Waals surface area (Å²) < 4.78 is 45.8. The summed E-state index contributed by atoms with van der Waals surface area (Å²) in [5, 5.41) is 4.38. The Morgan fingerprint density at radius 1 is 1.03 bits per heavy atom. The molecule has 0 bridgehead atoms. The first-order valence-corrected chi connectivity index (χ1v) is 10.8. The van der Waals surface area contributed by atoms with Gasteiger partial charge in [-0.3, -0.25) is 9.59 Å². The molecule has 1 amide bonds. The first-order chi connectivity index (χ1) is 17.3. The molecule has 188 valence electrons. The van der Waals surface area contributed by atoms with Gasteiger partial charge in [0.25, 0.3) is 0 Å². The van der Waals surface area contributed by atoms with Crippen molar-refractivity contribution >= 4 is 40.7 Å². The Bertz CT molecular complexity index is 1320. The average molecular weight is 499 g/mol. The van der Waals surface area contributed by atoms with E-state index in [4.69, 9.17) is 9.53 Å². The van der Waals surface area contributed by atoms with Crippen LogP contribution >= 0.6 is 0 Å². The number of benzene rings is 3. The molecule has 10 heteroatoms. The van der Waals surface area contributed by atoms with Crippen molar-refractivity contribution < 1.29 is 27.5 Å². The molecule has 4 rings (SSSR count). The van der Waals surface area contributed by atoms with Gasteiger partial charge < -0.3 is 25.7 Å². The third kappa shape index (κ3) is 6.56. The molecule has 1 aromatic heterocycles. The average Bonchev–Trinajstić information content (AvgIpc) is 3.31. The highest BCUT2D eigenvalue weighted by molar-refractivity contribution is 5.84. The van der Waals surface area contributed by atoms with Crippen LogP contribution in [0, 0.1) is 0 Å². The normalized spacial score (nSPS) is 10.8. The molecule has 0 atom stereocenters. The molecule has 4 aromatic rings. The van der Waals surface area contributed by atoms with Gasteiger partial charge in [-0.05, 0) is 47.3 Å². The lowest BCUT2D eigenvalue weighted by Crippen LogP contribution is -2.20. The SMILES string of the molecule is CN(Cc1ccccc1C(F)(F)F)c1ccc(Nc2ccc3cc[nH]c3c2)cc1OCC=O.NC=O. The second-order valence-corrected chi connectivity index (χ2v) is 7.71. The number of hydrogen-bond acceptors (Lipinski definition) is 5. The topological polar surface area (TPSA) is 100 Å². The molecule has 3 aromatic carbocycles. The summed E-state index contributed by atoms with van der Waals surface area (Å²) in [6.07, 6.45) is -1.70. The number of aldehydes is 1. The second kappa shape index (κ2) is 11.8. The fraction of sp³-hybridized carbons (Fsp3) is 0.154. The minimum atomic E-state index is -4.44. The van der Waals surface area contributed by atoms with Crippen LogP contribution < -0.4 is 20.7 Å². The van der Waals surface area contributed by atoms with E-state index in [1.54, 1.807) is 30.1 Å². The number of aromatic amines is 1. The number of carbonyl (C=O) groups excluding carboxylic acids is 2. The second-order valence-electron chi connectivity index (χ2n) is 7.71. The maximum atomic E-state index is 13.4. The molecule has 0 unspecified atom stereocenters. The maximum Gasteiger partial charge on any atom is 0.416 e. The van der Waals surface area contributed by atoms with Crippen LogP contribution in [0.25, 0.3) is 10.9 Å². The van der Waals surface area contributed by atoms with Crippen LogP contribution in [0.3, 0.4) is 0 Å². The molecule has 0 radical (unpaired) electrons. The van der Waals surface area contributed by atoms with Crippen LogP contribution in [-0.4, -0.2) is 31.3 Å². The highest BCUT2D eigenvalue weighted by atomic mass is 19.4. The number of hydrogen-bond donors (Lipinski definition) is 3. The summed E-state index contributed by atoms with van der Waals surface area (Å²) in [6, 6.07) is 18.6. The van der Waals surface area contributed by atoms with Gasteiger partial charge in [0.15, 0.2) is 6.29 Å². The Kier molecular flexibility index (Phi) is 8.56. The molecule has 0 fully saturated rings. The lowest BCUT2D eigenvalue weighted by Gasteiger charge is -2.24. The lowest BCUT2D eigenvalue weighted by atomic mass is 10.1. The summed E-state index contributed by atoms with van der Waals surface area (Å²) in [5.74, 6) is 0.389. The Labute approximate surface area is 205 Å². The fourth-order valence-electron chi connectivity index (χ4n) is 3.71. The number of amides is 1. The van der Waals surface area contributed by atoms with Gasteiger partial charge in [0, 0.05) is 42.7 Å². The molecule has 36 heavy (non-hydrogen) atoms. The van der Waals surface area contributed by atoms with Gasteiger partial charge in [-0.25, -0.2) is 0 Å². The standard InChI is InChI=1S/C25H22F3N3O2.CH3NO/c1-31(16-18-4-2-3-5-21(18)25(26,27)28)23-9-8-20(15-24(23)33-13-12-32)30-19-7-6-17-10-11-29-22(17)14-19;2-1-3/h2-12,14-15,29-30H,13,16H2,1H3;1H,(H2,2,3). The predicted octanol–water partition coefficient (Wildman–Crippen LogP) is 5.25. The van der Waals surface area contributed by atoms with Gasteiger partial charge in [-0.2, -0.15) is 13.2 Å². The number of anilines is 3. The van der Waals surface area contributed by atoms with Gasteiger partial charge in [0.1, 0.15) is 12.4 Å². The first-order valence-electron chi connectivity index (χ1n) is 10.8. The van der Waals surface area contributed by atoms with E-state index in [2.05, 4.69) is 16.0 Å². The zero-order chi connectivity index (χ0) is 26.1. The number of H-pyrrole nitrogens is 1. The molecule has 7 nitrogen and oxygen atoms in total. The van der Waals surface area contributed by atoms with Gasteiger partial charge >= 0.3 is 6.18 Å². The van der Waals surface area contributed by atoms with Gasteiger partial charge in [-0.15, -0.1) is 0 Å². The molecule has 0 aliphatic carbocycles. The number of carbonyl (C=O) groups is 2. The number of nitrogens with one attached hydrogen (secondary N) is 2. The van der Waals surface area contributed by atoms with Crippen LogP contribution in [0.1, 0.15) is 11.1 Å². The van der Waals surface area contributed by atoms with E-state index in [9.17, 15) is 18.0 Å². The quantitative estimate of drug-likeness (QED) is 0.288. The first kappa shape index (κ1) is 26.1. The molecular formula is C26H25F3N4O3. The highest BCUT2D eigenvalue weighted by Gasteiger charge is 2.33. The zero-order valence-electron chi connectivity index (χ0n) is 19.4. The largest absolute Gasteiger partial charge is 0.484 e. The van der Waals surface area contributed by atoms with Gasteiger partial charge in [0.2, 0.25) is 6.41 Å². The number of aromatic nitrogens is 1. The predicted molar refractivity (Wildman–Crippen MR) is 133 cm³/mol. The van der Waals surface area contributed by atoms with Crippen LogP contribution in [0.5, 0.6) is 5.75 Å². The number of fused-ring (bicyclic) bond motifs is 1. The number of halogens is 3. The van der Waals surface area contributed by atoms with Crippen molar-refractivity contribution in [3.05, 3.63) is 84.1 Å². The summed E-state index contributed by atoms with van der Waals surface area (Å²) in [4.78, 5) is 24.3. The van der Waals surface area contributed by atoms with Crippen molar-refractivity contribution in [2.24, 2.45) is 5.73 Å². The molecule has 4 N–H and O–H groups in total. The molecule has 0 aliphatic heterocycles. The summed E-state index contributed by atoms with van der Waals surface area (Å²) in [7, 11) is 1.68. The monoisotopic (exact) mass is 498 g/mol. The minimum absolute atomic E-state index is 0.0173. The van der Waals surface area contributed by atoms with E-state index >= 15 is 0 Å². The Morgan fingerprint density at radius 3 is 2.44 bits per heavy atom. The van der Waals surface area contributed by atoms with Crippen molar-refractivity contribution in [3.8, 4) is 5.75 Å². The minimum Gasteiger partial charge on any atom is -0.484 e. The third-order valence-electron chi connectivity index (χ3n) is 5.25. The summed E-state index contributed by atoms with van der Waals surface area (Å²) in [6.45, 7) is -0.152. The van der Waals surface area contributed by atoms with Crippen molar-refractivity contribution in [1.29, 1.82) is 0 Å². The molecule has 1 heterocycles. The zero-order valence-corrected chi connectivity index (χ0v) is 19.4. The molecule has 0 aliphatic rings. The van der Waals surface area contributed by atoms with Crippen molar-refractivity contribution in [2.45, 2.75) is 12.7 Å². The van der Waals surface area contributed by atoms with Crippen molar-refractivity contribution in [1.82, 2.24) is 4.98 Å². The van der Waals surface area contributed by atoms with E-state index in [1.165, 1.54) is 12.1 Å². The molecular weight excluding hydrogens is 473 g/mol. The number of nitrogens with zero attached hydrogens (tertiary/aromatic N) is 1. The molecule has 0 saturated carbocycles. The van der Waals surface area contributed by atoms with Crippen LogP contribution in [-0.2, 0) is 22.3 Å². The number of ether oxygens (including phenoxy) is 1. The van der Waals surface area contributed by atoms with E-state index < -0.39 is 11.7 Å². The van der Waals surface area contributed by atoms with Crippen LogP contribution in [0.4, 0.5) is 30.2 Å². The summed E-state index contributed by atoms with van der Waals surface area (Å²) >= 11 is 0. The Balaban J connectivity index is 0.00000115. The Morgan fingerprint density at radius 2 is 1.72 bits per heavy atom. The van der Waals surface area contributed by atoms with Gasteiger partial charge in [-0.1, -0.05) is 24.3 Å². The lowest BCUT2D eigenvalue weighted by molar-refractivity contribution is -0.138. The number of nitrogens with two attached hydrogens (primary N) is 1. The van der Waals surface area contributed by atoms with Crippen LogP contribution in [0.15, 0.2) is 72.9 Å². The number of alkyl halides is 3. The maximum absolute atomic E-state index is 13.4. The summed E-state index contributed by atoms with van der Waals surface area (Å²) in [5.41, 5.74) is 6.76. The number of rotatable bonds is 8. The Hall–Kier alpha value is -4.47. The number of primary amides is 1. The molecule has 0 spiro atoms. The van der Waals surface area contributed by atoms with Crippen molar-refractivity contribution in [2.75, 3.05) is 23.9 Å².